The van der Waals surface area contributed by atoms with Gasteiger partial charge in [0.2, 0.25) is 5.91 Å². The molecule has 1 aromatic rings. The highest BCUT2D eigenvalue weighted by atomic mass is 35.5. The summed E-state index contributed by atoms with van der Waals surface area (Å²) in [5, 5.41) is 2.80. The quantitative estimate of drug-likeness (QED) is 0.759. The molecule has 1 heterocycles. The van der Waals surface area contributed by atoms with Gasteiger partial charge in [0.25, 0.3) is 5.56 Å². The van der Waals surface area contributed by atoms with Crippen molar-refractivity contribution in [2.45, 2.75) is 19.5 Å². The summed E-state index contributed by atoms with van der Waals surface area (Å²) >= 11 is 5.54. The highest BCUT2D eigenvalue weighted by Gasteiger charge is 2.08. The maximum absolute atomic E-state index is 11.5. The van der Waals surface area contributed by atoms with Gasteiger partial charge in [0.1, 0.15) is 11.7 Å². The van der Waals surface area contributed by atoms with E-state index in [2.05, 4.69) is 10.3 Å². The van der Waals surface area contributed by atoms with E-state index < -0.39 is 0 Å². The van der Waals surface area contributed by atoms with E-state index in [0.717, 1.165) is 6.07 Å². The summed E-state index contributed by atoms with van der Waals surface area (Å²) in [6.45, 7) is 2.14. The third-order valence-corrected chi connectivity index (χ3v) is 2.19. The molecule has 0 aliphatic heterocycles. The van der Waals surface area contributed by atoms with Crippen molar-refractivity contribution >= 4 is 17.5 Å². The van der Waals surface area contributed by atoms with Gasteiger partial charge in [-0.1, -0.05) is 11.6 Å². The molecule has 0 fully saturated rings. The average molecular weight is 260 g/mol. The monoisotopic (exact) mass is 259 g/mol. The van der Waals surface area contributed by atoms with Gasteiger partial charge in [0.05, 0.1) is 12.9 Å². The maximum Gasteiger partial charge on any atom is 0.255 e. The number of carbonyl (C=O) groups excluding carboxylic acids is 1. The maximum atomic E-state index is 11.5. The molecule has 0 aromatic carbocycles. The van der Waals surface area contributed by atoms with E-state index in [1.165, 1.54) is 10.9 Å². The highest BCUT2D eigenvalue weighted by Crippen LogP contribution is 1.96. The Labute approximate surface area is 104 Å². The molecule has 1 atom stereocenters. The SMILES string of the molecule is COCC(C)NC(=O)Cn1cnc(Cl)cc1=O. The standard InChI is InChI=1S/C10H14ClN3O3/c1-7(5-17-2)13-9(15)4-14-6-12-8(11)3-10(14)16/h3,6-7H,4-5H2,1-2H3,(H,13,15). The molecule has 0 spiro atoms. The normalized spacial score (nSPS) is 12.2. The minimum atomic E-state index is -0.362. The number of hydrogen-bond acceptors (Lipinski definition) is 4. The van der Waals surface area contributed by atoms with Gasteiger partial charge < -0.3 is 10.1 Å². The van der Waals surface area contributed by atoms with Crippen LogP contribution >= 0.6 is 11.6 Å². The molecule has 1 unspecified atom stereocenters. The molecular weight excluding hydrogens is 246 g/mol. The number of hydrogen-bond donors (Lipinski definition) is 1. The Hall–Kier alpha value is -1.40. The van der Waals surface area contributed by atoms with Crippen LogP contribution in [0, 0.1) is 0 Å². The number of aromatic nitrogens is 2. The number of halogens is 1. The number of nitrogens with one attached hydrogen (secondary N) is 1. The lowest BCUT2D eigenvalue weighted by Gasteiger charge is -2.13. The van der Waals surface area contributed by atoms with Gasteiger partial charge in [-0.15, -0.1) is 0 Å². The van der Waals surface area contributed by atoms with Crippen molar-refractivity contribution < 1.29 is 9.53 Å². The first-order chi connectivity index (χ1) is 8.02. The Morgan fingerprint density at radius 1 is 1.71 bits per heavy atom. The molecule has 1 amide bonds. The third-order valence-electron chi connectivity index (χ3n) is 1.98. The van der Waals surface area contributed by atoms with Crippen LogP contribution in [0.2, 0.25) is 5.15 Å². The number of amides is 1. The summed E-state index contributed by atoms with van der Waals surface area (Å²) in [6.07, 6.45) is 1.24. The molecule has 94 valence electrons. The summed E-state index contributed by atoms with van der Waals surface area (Å²) < 4.78 is 6.06. The zero-order valence-electron chi connectivity index (χ0n) is 9.64. The number of rotatable bonds is 5. The fourth-order valence-corrected chi connectivity index (χ4v) is 1.43. The fourth-order valence-electron chi connectivity index (χ4n) is 1.29. The molecule has 0 aliphatic carbocycles. The molecule has 17 heavy (non-hydrogen) atoms. The minimum absolute atomic E-state index is 0.0863. The topological polar surface area (TPSA) is 73.2 Å². The van der Waals surface area contributed by atoms with Crippen LogP contribution in [0.5, 0.6) is 0 Å². The van der Waals surface area contributed by atoms with Gasteiger partial charge in [0.15, 0.2) is 0 Å². The zero-order valence-corrected chi connectivity index (χ0v) is 10.4. The van der Waals surface area contributed by atoms with E-state index in [1.807, 2.05) is 6.92 Å². The lowest BCUT2D eigenvalue weighted by molar-refractivity contribution is -0.122. The van der Waals surface area contributed by atoms with Crippen LogP contribution < -0.4 is 10.9 Å². The summed E-state index contributed by atoms with van der Waals surface area (Å²) in [7, 11) is 1.55. The molecule has 0 saturated heterocycles. The second-order valence-corrected chi connectivity index (χ2v) is 3.99. The van der Waals surface area contributed by atoms with Gasteiger partial charge in [-0.2, -0.15) is 0 Å². The molecule has 1 N–H and O–H groups in total. The summed E-state index contributed by atoms with van der Waals surface area (Å²) in [5.74, 6) is -0.277. The highest BCUT2D eigenvalue weighted by molar-refractivity contribution is 6.29. The Balaban J connectivity index is 2.59. The van der Waals surface area contributed by atoms with E-state index in [1.54, 1.807) is 7.11 Å². The van der Waals surface area contributed by atoms with Crippen LogP contribution in [0.3, 0.4) is 0 Å². The molecule has 0 saturated carbocycles. The van der Waals surface area contributed by atoms with Crippen molar-refractivity contribution in [3.63, 3.8) is 0 Å². The fraction of sp³-hybridized carbons (Fsp3) is 0.500. The first-order valence-corrected chi connectivity index (χ1v) is 5.41. The lowest BCUT2D eigenvalue weighted by Crippen LogP contribution is -2.39. The number of nitrogens with zero attached hydrogens (tertiary/aromatic N) is 2. The number of methoxy groups -OCH3 is 1. The molecule has 0 aliphatic rings. The molecular formula is C10H14ClN3O3. The second-order valence-electron chi connectivity index (χ2n) is 3.60. The van der Waals surface area contributed by atoms with Crippen LogP contribution in [0.25, 0.3) is 0 Å². The van der Waals surface area contributed by atoms with Gasteiger partial charge >= 0.3 is 0 Å². The second kappa shape index (κ2) is 6.36. The van der Waals surface area contributed by atoms with Crippen molar-refractivity contribution in [2.24, 2.45) is 0 Å². The van der Waals surface area contributed by atoms with Crippen LogP contribution in [0.4, 0.5) is 0 Å². The average Bonchev–Trinajstić information content (AvgIpc) is 2.22. The zero-order chi connectivity index (χ0) is 12.8. The predicted octanol–water partition coefficient (Wildman–Crippen LogP) is 0.0478. The third kappa shape index (κ3) is 4.54. The van der Waals surface area contributed by atoms with Crippen LogP contribution in [0.15, 0.2) is 17.2 Å². The first kappa shape index (κ1) is 13.7. The lowest BCUT2D eigenvalue weighted by atomic mass is 10.3. The van der Waals surface area contributed by atoms with Gasteiger partial charge in [-0.05, 0) is 6.92 Å². The molecule has 7 heteroatoms. The van der Waals surface area contributed by atoms with Crippen molar-refractivity contribution in [3.8, 4) is 0 Å². The number of carbonyl (C=O) groups is 1. The largest absolute Gasteiger partial charge is 0.383 e. The number of ether oxygens (including phenoxy) is 1. The Morgan fingerprint density at radius 2 is 2.41 bits per heavy atom. The van der Waals surface area contributed by atoms with E-state index in [-0.39, 0.29) is 29.2 Å². The first-order valence-electron chi connectivity index (χ1n) is 5.03. The van der Waals surface area contributed by atoms with Crippen LogP contribution in [-0.2, 0) is 16.1 Å². The van der Waals surface area contributed by atoms with Crippen molar-refractivity contribution in [1.29, 1.82) is 0 Å². The predicted molar refractivity (Wildman–Crippen MR) is 63.0 cm³/mol. The molecule has 0 bridgehead atoms. The molecule has 6 nitrogen and oxygen atoms in total. The summed E-state index contributed by atoms with van der Waals surface area (Å²) in [4.78, 5) is 26.7. The summed E-state index contributed by atoms with van der Waals surface area (Å²) in [6, 6.07) is 1.05. The Bertz CT molecular complexity index is 447. The van der Waals surface area contributed by atoms with E-state index in [9.17, 15) is 9.59 Å². The van der Waals surface area contributed by atoms with Crippen LogP contribution in [0.1, 0.15) is 6.92 Å². The van der Waals surface area contributed by atoms with E-state index in [4.69, 9.17) is 16.3 Å². The van der Waals surface area contributed by atoms with Gasteiger partial charge in [-0.3, -0.25) is 14.2 Å². The molecule has 0 radical (unpaired) electrons. The van der Waals surface area contributed by atoms with E-state index in [0.29, 0.717) is 6.61 Å². The molecule has 1 rings (SSSR count). The van der Waals surface area contributed by atoms with Gasteiger partial charge in [-0.25, -0.2) is 4.98 Å². The van der Waals surface area contributed by atoms with E-state index >= 15 is 0 Å². The smallest absolute Gasteiger partial charge is 0.255 e. The molecule has 1 aromatic heterocycles. The van der Waals surface area contributed by atoms with Crippen molar-refractivity contribution in [1.82, 2.24) is 14.9 Å². The van der Waals surface area contributed by atoms with Crippen molar-refractivity contribution in [3.05, 3.63) is 27.9 Å². The van der Waals surface area contributed by atoms with Crippen LogP contribution in [-0.4, -0.2) is 35.2 Å². The van der Waals surface area contributed by atoms with Crippen molar-refractivity contribution in [2.75, 3.05) is 13.7 Å². The Morgan fingerprint density at radius 3 is 3.00 bits per heavy atom. The van der Waals surface area contributed by atoms with Gasteiger partial charge in [0, 0.05) is 19.2 Å². The Kier molecular flexibility index (Phi) is 5.11. The minimum Gasteiger partial charge on any atom is -0.383 e. The summed E-state index contributed by atoms with van der Waals surface area (Å²) in [5.41, 5.74) is -0.362.